The minimum absolute atomic E-state index is 0.0660. The van der Waals surface area contributed by atoms with Gasteiger partial charge in [-0.15, -0.1) is 0 Å². The van der Waals surface area contributed by atoms with Gasteiger partial charge < -0.3 is 0 Å². The van der Waals surface area contributed by atoms with Crippen molar-refractivity contribution in [3.63, 3.8) is 0 Å². The molecule has 5 nitrogen and oxygen atoms in total. The first-order valence-corrected chi connectivity index (χ1v) is 6.68. The van der Waals surface area contributed by atoms with Gasteiger partial charge in [0, 0.05) is 19.8 Å². The van der Waals surface area contributed by atoms with Gasteiger partial charge >= 0.3 is 5.69 Å². The van der Waals surface area contributed by atoms with Crippen LogP contribution in [0, 0.1) is 0 Å². The summed E-state index contributed by atoms with van der Waals surface area (Å²) < 4.78 is 2.41. The zero-order valence-electron chi connectivity index (χ0n) is 10.2. The van der Waals surface area contributed by atoms with Crippen molar-refractivity contribution in [1.82, 2.24) is 9.13 Å². The van der Waals surface area contributed by atoms with Crippen LogP contribution in [-0.2, 0) is 13.6 Å². The van der Waals surface area contributed by atoms with E-state index in [-0.39, 0.29) is 17.0 Å². The van der Waals surface area contributed by atoms with E-state index in [0.717, 1.165) is 16.7 Å². The quantitative estimate of drug-likeness (QED) is 0.568. The fourth-order valence-corrected chi connectivity index (χ4v) is 1.93. The van der Waals surface area contributed by atoms with Crippen LogP contribution in [0.2, 0.25) is 0 Å². The molecule has 0 radical (unpaired) electrons. The largest absolute Gasteiger partial charge is 0.330 e. The van der Waals surface area contributed by atoms with Crippen LogP contribution in [0.3, 0.4) is 0 Å². The molecule has 0 fully saturated rings. The van der Waals surface area contributed by atoms with Gasteiger partial charge in [-0.1, -0.05) is 0 Å². The van der Waals surface area contributed by atoms with Gasteiger partial charge in [0.05, 0.1) is 5.56 Å². The molecule has 0 saturated heterocycles. The lowest BCUT2D eigenvalue weighted by molar-refractivity contribution is 0.101. The summed E-state index contributed by atoms with van der Waals surface area (Å²) in [4.78, 5) is 34.7. The summed E-state index contributed by atoms with van der Waals surface area (Å²) in [5.41, 5.74) is -0.832. The molecule has 94 valence electrons. The van der Waals surface area contributed by atoms with Gasteiger partial charge in [-0.3, -0.25) is 18.7 Å². The highest BCUT2D eigenvalue weighted by Gasteiger charge is 2.11. The van der Waals surface area contributed by atoms with E-state index in [9.17, 15) is 14.4 Å². The molecule has 0 unspecified atom stereocenters. The summed E-state index contributed by atoms with van der Waals surface area (Å²) in [6.07, 6.45) is 4.19. The van der Waals surface area contributed by atoms with Gasteiger partial charge in [0.2, 0.25) is 0 Å². The van der Waals surface area contributed by atoms with E-state index in [2.05, 4.69) is 0 Å². The van der Waals surface area contributed by atoms with Crippen LogP contribution >= 0.6 is 11.8 Å². The van der Waals surface area contributed by atoms with E-state index in [0.29, 0.717) is 6.54 Å². The number of hydrogen-bond donors (Lipinski definition) is 0. The number of thioether (sulfide) groups is 1. The SMILES string of the molecule is CSCCCn1cc(C(C)=O)c(=O)n(C)c1=O. The van der Waals surface area contributed by atoms with Gasteiger partial charge in [-0.05, 0) is 25.4 Å². The van der Waals surface area contributed by atoms with E-state index >= 15 is 0 Å². The van der Waals surface area contributed by atoms with E-state index in [1.807, 2.05) is 6.26 Å². The molecule has 1 aromatic heterocycles. The zero-order chi connectivity index (χ0) is 13.0. The van der Waals surface area contributed by atoms with E-state index < -0.39 is 5.56 Å². The maximum Gasteiger partial charge on any atom is 0.330 e. The van der Waals surface area contributed by atoms with Crippen LogP contribution in [0.4, 0.5) is 0 Å². The highest BCUT2D eigenvalue weighted by Crippen LogP contribution is 1.98. The Morgan fingerprint density at radius 3 is 2.59 bits per heavy atom. The Kier molecular flexibility index (Phi) is 4.74. The van der Waals surface area contributed by atoms with Crippen LogP contribution in [0.1, 0.15) is 23.7 Å². The maximum atomic E-state index is 11.8. The third kappa shape index (κ3) is 3.09. The van der Waals surface area contributed by atoms with Gasteiger partial charge in [-0.25, -0.2) is 4.79 Å². The fourth-order valence-electron chi connectivity index (χ4n) is 1.51. The molecule has 0 aliphatic heterocycles. The summed E-state index contributed by atoms with van der Waals surface area (Å²) in [7, 11) is 1.39. The van der Waals surface area contributed by atoms with Crippen LogP contribution < -0.4 is 11.2 Å². The highest BCUT2D eigenvalue weighted by atomic mass is 32.2. The van der Waals surface area contributed by atoms with Gasteiger partial charge in [0.1, 0.15) is 0 Å². The molecule has 0 N–H and O–H groups in total. The number of ketones is 1. The first kappa shape index (κ1) is 13.8. The fraction of sp³-hybridized carbons (Fsp3) is 0.545. The Morgan fingerprint density at radius 2 is 2.06 bits per heavy atom. The van der Waals surface area contributed by atoms with E-state index in [1.54, 1.807) is 11.8 Å². The molecule has 0 saturated carbocycles. The van der Waals surface area contributed by atoms with Crippen LogP contribution in [-0.4, -0.2) is 26.9 Å². The van der Waals surface area contributed by atoms with Gasteiger partial charge in [0.25, 0.3) is 5.56 Å². The summed E-state index contributed by atoms with van der Waals surface area (Å²) in [5.74, 6) is 0.620. The summed E-state index contributed by atoms with van der Waals surface area (Å²) in [5, 5.41) is 0. The lowest BCUT2D eigenvalue weighted by Gasteiger charge is -2.08. The second-order valence-corrected chi connectivity index (χ2v) is 4.77. The minimum Gasteiger partial charge on any atom is -0.300 e. The molecular weight excluding hydrogens is 240 g/mol. The molecule has 1 heterocycles. The number of rotatable bonds is 5. The first-order chi connectivity index (χ1) is 7.99. The Morgan fingerprint density at radius 1 is 1.41 bits per heavy atom. The van der Waals surface area contributed by atoms with E-state index in [4.69, 9.17) is 0 Å². The number of carbonyl (C=O) groups excluding carboxylic acids is 1. The number of aryl methyl sites for hydroxylation is 1. The molecule has 17 heavy (non-hydrogen) atoms. The molecule has 1 aromatic rings. The third-order valence-electron chi connectivity index (χ3n) is 2.48. The van der Waals surface area contributed by atoms with Crippen molar-refractivity contribution >= 4 is 17.5 Å². The second-order valence-electron chi connectivity index (χ2n) is 3.79. The summed E-state index contributed by atoms with van der Waals surface area (Å²) in [6.45, 7) is 1.85. The highest BCUT2D eigenvalue weighted by molar-refractivity contribution is 7.98. The van der Waals surface area contributed by atoms with Crippen molar-refractivity contribution in [2.75, 3.05) is 12.0 Å². The molecule has 0 aliphatic rings. The average Bonchev–Trinajstić information content (AvgIpc) is 2.29. The molecule has 0 amide bonds. The molecule has 0 spiro atoms. The number of aromatic nitrogens is 2. The lowest BCUT2D eigenvalue weighted by atomic mass is 10.2. The van der Waals surface area contributed by atoms with Crippen LogP contribution in [0.5, 0.6) is 0 Å². The second kappa shape index (κ2) is 5.86. The number of hydrogen-bond acceptors (Lipinski definition) is 4. The zero-order valence-corrected chi connectivity index (χ0v) is 11.0. The Bertz CT molecular complexity index is 530. The van der Waals surface area contributed by atoms with Crippen molar-refractivity contribution in [2.45, 2.75) is 19.9 Å². The predicted octanol–water partition coefficient (Wildman–Crippen LogP) is 0.503. The normalized spacial score (nSPS) is 10.5. The summed E-state index contributed by atoms with van der Waals surface area (Å²) >= 11 is 1.69. The summed E-state index contributed by atoms with van der Waals surface area (Å²) in [6, 6.07) is 0. The molecular formula is C11H16N2O3S. The number of carbonyl (C=O) groups is 1. The minimum atomic E-state index is -0.524. The molecule has 0 aliphatic carbocycles. The van der Waals surface area contributed by atoms with Crippen LogP contribution in [0.15, 0.2) is 15.8 Å². The van der Waals surface area contributed by atoms with E-state index in [1.165, 1.54) is 24.7 Å². The first-order valence-electron chi connectivity index (χ1n) is 5.29. The number of Topliss-reactive ketones (excluding diaryl/α,β-unsaturated/α-hetero) is 1. The van der Waals surface area contributed by atoms with Crippen molar-refractivity contribution in [3.8, 4) is 0 Å². The van der Waals surface area contributed by atoms with Crippen molar-refractivity contribution in [3.05, 3.63) is 32.6 Å². The molecule has 0 bridgehead atoms. The molecule has 1 rings (SSSR count). The monoisotopic (exact) mass is 256 g/mol. The Balaban J connectivity index is 3.18. The standard InChI is InChI=1S/C11H16N2O3S/c1-8(14)9-7-13(5-4-6-17-3)11(16)12(2)10(9)15/h7H,4-6H2,1-3H3. The van der Waals surface area contributed by atoms with Gasteiger partial charge in [-0.2, -0.15) is 11.8 Å². The molecule has 6 heteroatoms. The molecule has 0 aromatic carbocycles. The average molecular weight is 256 g/mol. The predicted molar refractivity (Wildman–Crippen MR) is 68.9 cm³/mol. The number of nitrogens with zero attached hydrogens (tertiary/aromatic N) is 2. The van der Waals surface area contributed by atoms with Crippen molar-refractivity contribution in [2.24, 2.45) is 7.05 Å². The Labute approximate surface area is 103 Å². The third-order valence-corrected chi connectivity index (χ3v) is 3.18. The topological polar surface area (TPSA) is 61.1 Å². The maximum absolute atomic E-state index is 11.8. The smallest absolute Gasteiger partial charge is 0.300 e. The van der Waals surface area contributed by atoms with Gasteiger partial charge in [0.15, 0.2) is 5.78 Å². The van der Waals surface area contributed by atoms with Crippen molar-refractivity contribution < 1.29 is 4.79 Å². The Hall–Kier alpha value is -1.30. The van der Waals surface area contributed by atoms with Crippen LogP contribution in [0.25, 0.3) is 0 Å². The lowest BCUT2D eigenvalue weighted by Crippen LogP contribution is -2.40. The van der Waals surface area contributed by atoms with Crippen molar-refractivity contribution in [1.29, 1.82) is 0 Å². The molecule has 0 atom stereocenters.